The molecule has 0 heterocycles. The number of rotatable bonds is 1. The summed E-state index contributed by atoms with van der Waals surface area (Å²) in [5.74, 6) is 0.567. The van der Waals surface area contributed by atoms with Crippen LogP contribution < -0.4 is 0 Å². The van der Waals surface area contributed by atoms with Gasteiger partial charge in [-0.15, -0.1) is 0 Å². The molecule has 1 aliphatic carbocycles. The van der Waals surface area contributed by atoms with Crippen LogP contribution in [0.15, 0.2) is 5.18 Å². The fourth-order valence-electron chi connectivity index (χ4n) is 0.806. The van der Waals surface area contributed by atoms with Crippen LogP contribution in [0.1, 0.15) is 19.8 Å². The van der Waals surface area contributed by atoms with Gasteiger partial charge < -0.3 is 0 Å². The molecule has 0 saturated heterocycles. The molecule has 40 valence electrons. The Morgan fingerprint density at radius 1 is 1.57 bits per heavy atom. The van der Waals surface area contributed by atoms with Gasteiger partial charge in [-0.25, -0.2) is 0 Å². The molecule has 2 nitrogen and oxygen atoms in total. The molecule has 1 fully saturated rings. The fourth-order valence-corrected chi connectivity index (χ4v) is 0.806. The van der Waals surface area contributed by atoms with Crippen LogP contribution in [0.25, 0.3) is 0 Å². The Kier molecular flexibility index (Phi) is 1.09. The minimum atomic E-state index is 0.153. The smallest absolute Gasteiger partial charge is 0.0945 e. The first kappa shape index (κ1) is 4.75. The molecule has 1 aliphatic rings. The van der Waals surface area contributed by atoms with Crippen molar-refractivity contribution in [2.45, 2.75) is 25.8 Å². The Balaban J connectivity index is 2.28. The van der Waals surface area contributed by atoms with Crippen LogP contribution in [-0.4, -0.2) is 6.04 Å². The third-order valence-corrected chi connectivity index (χ3v) is 1.71. The lowest BCUT2D eigenvalue weighted by atomic mass is 9.82. The maximum absolute atomic E-state index is 9.75. The van der Waals surface area contributed by atoms with Crippen LogP contribution >= 0.6 is 0 Å². The molecule has 0 aromatic rings. The van der Waals surface area contributed by atoms with Crippen LogP contribution in [0.3, 0.4) is 0 Å². The van der Waals surface area contributed by atoms with Crippen LogP contribution in [0.4, 0.5) is 0 Å². The third-order valence-electron chi connectivity index (χ3n) is 1.71. The molecule has 0 N–H and O–H groups in total. The lowest BCUT2D eigenvalue weighted by Crippen LogP contribution is -2.25. The highest BCUT2D eigenvalue weighted by molar-refractivity contribution is 4.82. The molecule has 7 heavy (non-hydrogen) atoms. The molecular formula is C5H9NO. The van der Waals surface area contributed by atoms with E-state index in [4.69, 9.17) is 0 Å². The minimum absolute atomic E-state index is 0.153. The SMILES string of the molecule is CC1CC[C@H]1N=O. The van der Waals surface area contributed by atoms with E-state index in [0.717, 1.165) is 6.42 Å². The Hall–Kier alpha value is -0.400. The second-order valence-corrected chi connectivity index (χ2v) is 2.23. The molecule has 0 amide bonds. The predicted octanol–water partition coefficient (Wildman–Crippen LogP) is 1.55. The largest absolute Gasteiger partial charge is 0.151 e. The van der Waals surface area contributed by atoms with Gasteiger partial charge in [0.2, 0.25) is 0 Å². The van der Waals surface area contributed by atoms with E-state index >= 15 is 0 Å². The van der Waals surface area contributed by atoms with Crippen molar-refractivity contribution in [2.75, 3.05) is 0 Å². The summed E-state index contributed by atoms with van der Waals surface area (Å²) in [5.41, 5.74) is 0. The molecule has 0 radical (unpaired) electrons. The maximum atomic E-state index is 9.75. The number of hydrogen-bond acceptors (Lipinski definition) is 2. The highest BCUT2D eigenvalue weighted by Crippen LogP contribution is 2.28. The summed E-state index contributed by atoms with van der Waals surface area (Å²) in [7, 11) is 0. The van der Waals surface area contributed by atoms with E-state index in [0.29, 0.717) is 5.92 Å². The van der Waals surface area contributed by atoms with E-state index in [1.807, 2.05) is 0 Å². The van der Waals surface area contributed by atoms with Gasteiger partial charge in [0.05, 0.1) is 6.04 Å². The molecule has 1 rings (SSSR count). The average Bonchev–Trinajstić information content (AvgIpc) is 1.65. The van der Waals surface area contributed by atoms with Crippen molar-refractivity contribution < 1.29 is 0 Å². The molecule has 0 aliphatic heterocycles. The van der Waals surface area contributed by atoms with Gasteiger partial charge in [0.25, 0.3) is 0 Å². The van der Waals surface area contributed by atoms with Crippen LogP contribution in [0, 0.1) is 10.8 Å². The van der Waals surface area contributed by atoms with Crippen LogP contribution in [0.2, 0.25) is 0 Å². The van der Waals surface area contributed by atoms with Crippen molar-refractivity contribution in [3.05, 3.63) is 4.91 Å². The zero-order chi connectivity index (χ0) is 5.28. The van der Waals surface area contributed by atoms with E-state index in [9.17, 15) is 4.91 Å². The number of hydrogen-bond donors (Lipinski definition) is 0. The Bertz CT molecular complexity index is 82.1. The van der Waals surface area contributed by atoms with Crippen LogP contribution in [0.5, 0.6) is 0 Å². The van der Waals surface area contributed by atoms with Crippen molar-refractivity contribution in [3.8, 4) is 0 Å². The predicted molar refractivity (Wildman–Crippen MR) is 28.0 cm³/mol. The monoisotopic (exact) mass is 99.1 g/mol. The van der Waals surface area contributed by atoms with Crippen molar-refractivity contribution in [1.29, 1.82) is 0 Å². The number of nitrogens with zero attached hydrogens (tertiary/aromatic N) is 1. The van der Waals surface area contributed by atoms with E-state index in [2.05, 4.69) is 12.1 Å². The molecule has 0 spiro atoms. The van der Waals surface area contributed by atoms with Crippen molar-refractivity contribution in [3.63, 3.8) is 0 Å². The van der Waals surface area contributed by atoms with Crippen molar-refractivity contribution >= 4 is 0 Å². The standard InChI is InChI=1S/C5H9NO/c1-4-2-3-5(4)6-7/h4-5H,2-3H2,1H3/t4?,5-/m1/s1. The molecule has 2 heteroatoms. The van der Waals surface area contributed by atoms with Gasteiger partial charge in [-0.3, -0.25) is 0 Å². The molecule has 1 unspecified atom stereocenters. The van der Waals surface area contributed by atoms with E-state index in [1.54, 1.807) is 0 Å². The van der Waals surface area contributed by atoms with Gasteiger partial charge in [-0.2, -0.15) is 4.91 Å². The van der Waals surface area contributed by atoms with Gasteiger partial charge in [-0.05, 0) is 18.8 Å². The molecule has 0 bridgehead atoms. The molecule has 1 saturated carbocycles. The summed E-state index contributed by atoms with van der Waals surface area (Å²) in [6.07, 6.45) is 2.21. The van der Waals surface area contributed by atoms with Gasteiger partial charge in [0.15, 0.2) is 0 Å². The van der Waals surface area contributed by atoms with E-state index < -0.39 is 0 Å². The zero-order valence-electron chi connectivity index (χ0n) is 4.42. The highest BCUT2D eigenvalue weighted by Gasteiger charge is 2.26. The highest BCUT2D eigenvalue weighted by atomic mass is 16.3. The molecule has 2 atom stereocenters. The summed E-state index contributed by atoms with van der Waals surface area (Å²) in [6, 6.07) is 0.153. The summed E-state index contributed by atoms with van der Waals surface area (Å²) in [6.45, 7) is 2.07. The topological polar surface area (TPSA) is 29.4 Å². The third kappa shape index (κ3) is 0.646. The van der Waals surface area contributed by atoms with Crippen LogP contribution in [-0.2, 0) is 0 Å². The number of nitroso groups, excluding NO2 is 1. The quantitative estimate of drug-likeness (QED) is 0.458. The van der Waals surface area contributed by atoms with Gasteiger partial charge in [0, 0.05) is 0 Å². The lowest BCUT2D eigenvalue weighted by molar-refractivity contribution is 0.282. The summed E-state index contributed by atoms with van der Waals surface area (Å²) in [5, 5.41) is 2.92. The Labute approximate surface area is 42.9 Å². The lowest BCUT2D eigenvalue weighted by Gasteiger charge is -2.26. The van der Waals surface area contributed by atoms with E-state index in [1.165, 1.54) is 6.42 Å². The normalized spacial score (nSPS) is 39.6. The average molecular weight is 99.1 g/mol. The van der Waals surface area contributed by atoms with Crippen molar-refractivity contribution in [1.82, 2.24) is 0 Å². The first-order chi connectivity index (χ1) is 3.34. The maximum Gasteiger partial charge on any atom is 0.0945 e. The Morgan fingerprint density at radius 2 is 2.29 bits per heavy atom. The molecule has 0 aromatic heterocycles. The Morgan fingerprint density at radius 3 is 2.29 bits per heavy atom. The van der Waals surface area contributed by atoms with Gasteiger partial charge in [0.1, 0.15) is 0 Å². The minimum Gasteiger partial charge on any atom is -0.151 e. The van der Waals surface area contributed by atoms with Gasteiger partial charge >= 0.3 is 0 Å². The van der Waals surface area contributed by atoms with Crippen molar-refractivity contribution in [2.24, 2.45) is 11.1 Å². The summed E-state index contributed by atoms with van der Waals surface area (Å²) < 4.78 is 0. The fraction of sp³-hybridized carbons (Fsp3) is 1.00. The summed E-state index contributed by atoms with van der Waals surface area (Å²) >= 11 is 0. The first-order valence-electron chi connectivity index (χ1n) is 2.67. The second kappa shape index (κ2) is 1.60. The van der Waals surface area contributed by atoms with E-state index in [-0.39, 0.29) is 6.04 Å². The summed E-state index contributed by atoms with van der Waals surface area (Å²) in [4.78, 5) is 9.75. The second-order valence-electron chi connectivity index (χ2n) is 2.23. The van der Waals surface area contributed by atoms with Gasteiger partial charge in [-0.1, -0.05) is 12.1 Å². The zero-order valence-corrected chi connectivity index (χ0v) is 4.42. The molecular weight excluding hydrogens is 90.1 g/mol. The first-order valence-corrected chi connectivity index (χ1v) is 2.67. The molecule has 0 aromatic carbocycles.